The van der Waals surface area contributed by atoms with Gasteiger partial charge in [-0.15, -0.1) is 11.8 Å². The van der Waals surface area contributed by atoms with E-state index in [2.05, 4.69) is 0 Å². The summed E-state index contributed by atoms with van der Waals surface area (Å²) in [5, 5.41) is 11.4. The van der Waals surface area contributed by atoms with Crippen molar-refractivity contribution in [3.63, 3.8) is 0 Å². The molecule has 1 aromatic carbocycles. The van der Waals surface area contributed by atoms with E-state index in [1.165, 1.54) is 5.56 Å². The number of carboxylic acids is 1. The number of hydrogen-bond acceptors (Lipinski definition) is 3. The van der Waals surface area contributed by atoms with Crippen LogP contribution in [0.2, 0.25) is 5.02 Å². The highest BCUT2D eigenvalue weighted by Gasteiger charge is 2.38. The molecule has 0 aromatic heterocycles. The summed E-state index contributed by atoms with van der Waals surface area (Å²) < 4.78 is 0. The topological polar surface area (TPSA) is 49.7 Å². The quantitative estimate of drug-likeness (QED) is 0.927. The van der Waals surface area contributed by atoms with Gasteiger partial charge in [0.2, 0.25) is 0 Å². The standard InChI is InChI=1S/C15H16ClNO2S/c16-11-4-1-9(2-5-11)7-14-17-12-6-3-10(15(18)19)8-13(12)20-14/h1-2,4-5,10,12-13H,3,6-8H2,(H,18,19). The van der Waals surface area contributed by atoms with Crippen LogP contribution in [0.15, 0.2) is 29.3 Å². The van der Waals surface area contributed by atoms with Crippen LogP contribution in [-0.2, 0) is 11.2 Å². The van der Waals surface area contributed by atoms with Crippen molar-refractivity contribution in [2.24, 2.45) is 10.9 Å². The Morgan fingerprint density at radius 1 is 1.35 bits per heavy atom. The fraction of sp³-hybridized carbons (Fsp3) is 0.467. The molecule has 1 N–H and O–H groups in total. The van der Waals surface area contributed by atoms with Crippen LogP contribution in [-0.4, -0.2) is 27.4 Å². The van der Waals surface area contributed by atoms with Crippen LogP contribution in [0.5, 0.6) is 0 Å². The third kappa shape index (κ3) is 3.01. The molecule has 20 heavy (non-hydrogen) atoms. The number of halogens is 1. The van der Waals surface area contributed by atoms with Crippen molar-refractivity contribution < 1.29 is 9.90 Å². The normalized spacial score (nSPS) is 28.9. The number of fused-ring (bicyclic) bond motifs is 1. The molecule has 5 heteroatoms. The predicted octanol–water partition coefficient (Wildman–Crippen LogP) is 3.65. The zero-order valence-electron chi connectivity index (χ0n) is 11.0. The van der Waals surface area contributed by atoms with Crippen LogP contribution in [0.1, 0.15) is 24.8 Å². The van der Waals surface area contributed by atoms with Gasteiger partial charge in [-0.25, -0.2) is 0 Å². The molecule has 106 valence electrons. The second-order valence-corrected chi connectivity index (χ2v) is 7.15. The first-order valence-corrected chi connectivity index (χ1v) is 8.08. The minimum Gasteiger partial charge on any atom is -0.481 e. The number of rotatable bonds is 3. The van der Waals surface area contributed by atoms with Gasteiger partial charge < -0.3 is 5.11 Å². The van der Waals surface area contributed by atoms with Gasteiger partial charge in [0.25, 0.3) is 0 Å². The molecule has 0 radical (unpaired) electrons. The highest BCUT2D eigenvalue weighted by molar-refractivity contribution is 8.14. The molecule has 1 heterocycles. The SMILES string of the molecule is O=C(O)C1CCC2N=C(Cc3ccc(Cl)cc3)SC2C1. The summed E-state index contributed by atoms with van der Waals surface area (Å²) in [6.07, 6.45) is 3.23. The van der Waals surface area contributed by atoms with E-state index in [9.17, 15) is 4.79 Å². The Hall–Kier alpha value is -1.000. The Kier molecular flexibility index (Phi) is 4.03. The Morgan fingerprint density at radius 3 is 2.80 bits per heavy atom. The van der Waals surface area contributed by atoms with Crippen LogP contribution in [0, 0.1) is 5.92 Å². The first-order valence-electron chi connectivity index (χ1n) is 6.82. The molecule has 2 aliphatic rings. The predicted molar refractivity (Wildman–Crippen MR) is 82.7 cm³/mol. The van der Waals surface area contributed by atoms with E-state index in [-0.39, 0.29) is 5.92 Å². The summed E-state index contributed by atoms with van der Waals surface area (Å²) in [5.41, 5.74) is 1.20. The molecular formula is C15H16ClNO2S. The molecule has 1 fully saturated rings. The summed E-state index contributed by atoms with van der Waals surface area (Å²) in [5.74, 6) is -0.843. The van der Waals surface area contributed by atoms with E-state index in [1.807, 2.05) is 24.3 Å². The van der Waals surface area contributed by atoms with E-state index in [0.717, 1.165) is 35.7 Å². The molecule has 0 spiro atoms. The summed E-state index contributed by atoms with van der Waals surface area (Å²) in [6.45, 7) is 0. The molecule has 0 amide bonds. The smallest absolute Gasteiger partial charge is 0.306 e. The molecule has 0 bridgehead atoms. The van der Waals surface area contributed by atoms with E-state index in [0.29, 0.717) is 11.3 Å². The molecule has 1 aliphatic carbocycles. The van der Waals surface area contributed by atoms with Crippen LogP contribution in [0.4, 0.5) is 0 Å². The second kappa shape index (κ2) is 5.78. The van der Waals surface area contributed by atoms with Crippen molar-refractivity contribution in [1.82, 2.24) is 0 Å². The lowest BCUT2D eigenvalue weighted by Crippen LogP contribution is -2.31. The lowest BCUT2D eigenvalue weighted by molar-refractivity contribution is -0.142. The first-order chi connectivity index (χ1) is 9.61. The van der Waals surface area contributed by atoms with Gasteiger partial charge in [-0.1, -0.05) is 23.7 Å². The monoisotopic (exact) mass is 309 g/mol. The van der Waals surface area contributed by atoms with E-state index >= 15 is 0 Å². The van der Waals surface area contributed by atoms with Gasteiger partial charge in [-0.3, -0.25) is 9.79 Å². The molecule has 1 saturated carbocycles. The number of carbonyl (C=O) groups is 1. The maximum atomic E-state index is 11.1. The average molecular weight is 310 g/mol. The second-order valence-electron chi connectivity index (χ2n) is 5.40. The average Bonchev–Trinajstić information content (AvgIpc) is 2.82. The van der Waals surface area contributed by atoms with E-state index in [1.54, 1.807) is 11.8 Å². The van der Waals surface area contributed by atoms with Crippen molar-refractivity contribution in [2.75, 3.05) is 0 Å². The van der Waals surface area contributed by atoms with Gasteiger partial charge in [0.1, 0.15) is 0 Å². The third-order valence-electron chi connectivity index (χ3n) is 3.97. The van der Waals surface area contributed by atoms with Crippen LogP contribution in [0.3, 0.4) is 0 Å². The Balaban J connectivity index is 1.63. The third-order valence-corrected chi connectivity index (χ3v) is 5.56. The van der Waals surface area contributed by atoms with Crippen LogP contribution < -0.4 is 0 Å². The first kappa shape index (κ1) is 14.0. The Morgan fingerprint density at radius 2 is 2.10 bits per heavy atom. The lowest BCUT2D eigenvalue weighted by atomic mass is 9.86. The maximum Gasteiger partial charge on any atom is 0.306 e. The van der Waals surface area contributed by atoms with Crippen molar-refractivity contribution >= 4 is 34.4 Å². The molecule has 1 aromatic rings. The number of hydrogen-bond donors (Lipinski definition) is 1. The van der Waals surface area contributed by atoms with Crippen LogP contribution in [0.25, 0.3) is 0 Å². The van der Waals surface area contributed by atoms with Gasteiger partial charge in [-0.2, -0.15) is 0 Å². The fourth-order valence-electron chi connectivity index (χ4n) is 2.87. The van der Waals surface area contributed by atoms with Crippen molar-refractivity contribution in [2.45, 2.75) is 37.0 Å². The highest BCUT2D eigenvalue weighted by atomic mass is 35.5. The maximum absolute atomic E-state index is 11.1. The highest BCUT2D eigenvalue weighted by Crippen LogP contribution is 2.40. The number of benzene rings is 1. The molecule has 3 unspecified atom stereocenters. The summed E-state index contributed by atoms with van der Waals surface area (Å²) in [7, 11) is 0. The summed E-state index contributed by atoms with van der Waals surface area (Å²) in [4.78, 5) is 15.9. The number of aliphatic carboxylic acids is 1. The summed E-state index contributed by atoms with van der Waals surface area (Å²) in [6, 6.07) is 8.15. The largest absolute Gasteiger partial charge is 0.481 e. The number of carboxylic acid groups (broad SMARTS) is 1. The van der Waals surface area contributed by atoms with Gasteiger partial charge in [0, 0.05) is 16.7 Å². The number of aliphatic imine (C=N–C) groups is 1. The van der Waals surface area contributed by atoms with Gasteiger partial charge >= 0.3 is 5.97 Å². The van der Waals surface area contributed by atoms with Crippen molar-refractivity contribution in [1.29, 1.82) is 0 Å². The Labute approximate surface area is 127 Å². The zero-order valence-corrected chi connectivity index (χ0v) is 12.5. The van der Waals surface area contributed by atoms with Gasteiger partial charge in [0.05, 0.1) is 17.0 Å². The fourth-order valence-corrected chi connectivity index (χ4v) is 4.47. The zero-order chi connectivity index (χ0) is 14.1. The van der Waals surface area contributed by atoms with E-state index < -0.39 is 5.97 Å². The van der Waals surface area contributed by atoms with Crippen LogP contribution >= 0.6 is 23.4 Å². The molecule has 3 rings (SSSR count). The molecular weight excluding hydrogens is 294 g/mol. The van der Waals surface area contributed by atoms with Gasteiger partial charge in [-0.05, 0) is 37.0 Å². The molecule has 3 nitrogen and oxygen atoms in total. The summed E-state index contributed by atoms with van der Waals surface area (Å²) >= 11 is 7.65. The van der Waals surface area contributed by atoms with Gasteiger partial charge in [0.15, 0.2) is 0 Å². The number of thioether (sulfide) groups is 1. The minimum absolute atomic E-state index is 0.186. The molecule has 1 aliphatic heterocycles. The number of nitrogens with zero attached hydrogens (tertiary/aromatic N) is 1. The molecule has 0 saturated heterocycles. The van der Waals surface area contributed by atoms with E-state index in [4.69, 9.17) is 21.7 Å². The Bertz CT molecular complexity index is 543. The minimum atomic E-state index is -0.657. The van der Waals surface area contributed by atoms with Crippen molar-refractivity contribution in [3.8, 4) is 0 Å². The lowest BCUT2D eigenvalue weighted by Gasteiger charge is -2.27. The van der Waals surface area contributed by atoms with Crippen molar-refractivity contribution in [3.05, 3.63) is 34.9 Å². The molecule has 3 atom stereocenters.